The highest BCUT2D eigenvalue weighted by atomic mass is 16.6. The average Bonchev–Trinajstić information content (AvgIpc) is 2.69. The number of hydrogen-bond donors (Lipinski definition) is 0. The molecule has 0 aliphatic carbocycles. The zero-order chi connectivity index (χ0) is 12.5. The zero-order valence-corrected chi connectivity index (χ0v) is 10.3. The van der Waals surface area contributed by atoms with Crippen LogP contribution in [0.25, 0.3) is 0 Å². The lowest BCUT2D eigenvalue weighted by Gasteiger charge is -2.25. The molecule has 0 N–H and O–H groups in total. The van der Waals surface area contributed by atoms with E-state index < -0.39 is 5.60 Å². The minimum Gasteiger partial charge on any atom is -0.497 e. The van der Waals surface area contributed by atoms with Crippen molar-refractivity contribution in [2.45, 2.75) is 25.4 Å². The van der Waals surface area contributed by atoms with E-state index in [1.165, 1.54) is 0 Å². The maximum Gasteiger partial charge on any atom is 0.306 e. The molecular weight excluding hydrogens is 220 g/mol. The van der Waals surface area contributed by atoms with Gasteiger partial charge in [-0.2, -0.15) is 0 Å². The molecule has 0 spiro atoms. The third-order valence-corrected chi connectivity index (χ3v) is 3.12. The molecule has 0 bridgehead atoms. The molecule has 17 heavy (non-hydrogen) atoms. The summed E-state index contributed by atoms with van der Waals surface area (Å²) in [6.45, 7) is 1.90. The molecule has 4 nitrogen and oxygen atoms in total. The van der Waals surface area contributed by atoms with E-state index in [-0.39, 0.29) is 5.97 Å². The van der Waals surface area contributed by atoms with Gasteiger partial charge in [-0.1, -0.05) is 0 Å². The number of carbonyl (C=O) groups excluding carboxylic acids is 1. The molecule has 1 aliphatic rings. The molecule has 1 fully saturated rings. The van der Waals surface area contributed by atoms with Crippen LogP contribution >= 0.6 is 0 Å². The van der Waals surface area contributed by atoms with Gasteiger partial charge in [0.05, 0.1) is 14.2 Å². The maximum atomic E-state index is 11.3. The second-order valence-electron chi connectivity index (χ2n) is 4.27. The molecule has 1 aromatic rings. The van der Waals surface area contributed by atoms with Crippen LogP contribution in [0.2, 0.25) is 0 Å². The fraction of sp³-hybridized carbons (Fsp3) is 0.462. The van der Waals surface area contributed by atoms with Crippen molar-refractivity contribution in [3.8, 4) is 11.5 Å². The number of cyclic esters (lactones) is 1. The van der Waals surface area contributed by atoms with Crippen molar-refractivity contribution < 1.29 is 19.0 Å². The summed E-state index contributed by atoms with van der Waals surface area (Å²) >= 11 is 0. The summed E-state index contributed by atoms with van der Waals surface area (Å²) in [4.78, 5) is 11.3. The van der Waals surface area contributed by atoms with Crippen LogP contribution < -0.4 is 9.47 Å². The predicted octanol–water partition coefficient (Wildman–Crippen LogP) is 2.26. The fourth-order valence-corrected chi connectivity index (χ4v) is 2.11. The summed E-state index contributed by atoms with van der Waals surface area (Å²) in [6.07, 6.45) is 1.10. The first-order valence-electron chi connectivity index (χ1n) is 5.53. The molecule has 0 amide bonds. The molecule has 4 heteroatoms. The summed E-state index contributed by atoms with van der Waals surface area (Å²) < 4.78 is 15.9. The van der Waals surface area contributed by atoms with E-state index in [0.717, 1.165) is 11.3 Å². The van der Waals surface area contributed by atoms with E-state index >= 15 is 0 Å². The number of rotatable bonds is 3. The first-order valence-corrected chi connectivity index (χ1v) is 5.53. The van der Waals surface area contributed by atoms with Crippen LogP contribution in [0.15, 0.2) is 18.2 Å². The van der Waals surface area contributed by atoms with E-state index in [1.54, 1.807) is 14.2 Å². The quantitative estimate of drug-likeness (QED) is 0.755. The molecule has 1 heterocycles. The summed E-state index contributed by atoms with van der Waals surface area (Å²) in [5, 5.41) is 0. The fourth-order valence-electron chi connectivity index (χ4n) is 2.11. The van der Waals surface area contributed by atoms with Crippen LogP contribution in [0.5, 0.6) is 11.5 Å². The third kappa shape index (κ3) is 2.07. The van der Waals surface area contributed by atoms with Gasteiger partial charge in [-0.25, -0.2) is 0 Å². The summed E-state index contributed by atoms with van der Waals surface area (Å²) in [5.41, 5.74) is 0.238. The highest BCUT2D eigenvalue weighted by molar-refractivity contribution is 5.73. The summed E-state index contributed by atoms with van der Waals surface area (Å²) in [7, 11) is 3.21. The van der Waals surface area contributed by atoms with Crippen molar-refractivity contribution in [2.75, 3.05) is 14.2 Å². The van der Waals surface area contributed by atoms with Gasteiger partial charge in [0.15, 0.2) is 0 Å². The van der Waals surface area contributed by atoms with Gasteiger partial charge in [0, 0.05) is 18.4 Å². The van der Waals surface area contributed by atoms with Gasteiger partial charge < -0.3 is 14.2 Å². The largest absolute Gasteiger partial charge is 0.497 e. The van der Waals surface area contributed by atoms with Gasteiger partial charge in [0.1, 0.15) is 17.1 Å². The molecule has 2 rings (SSSR count). The van der Waals surface area contributed by atoms with Crippen molar-refractivity contribution in [2.24, 2.45) is 0 Å². The molecular formula is C13H16O4. The van der Waals surface area contributed by atoms with Gasteiger partial charge in [-0.05, 0) is 25.1 Å². The Kier molecular flexibility index (Phi) is 2.96. The number of hydrogen-bond acceptors (Lipinski definition) is 4. The van der Waals surface area contributed by atoms with Crippen molar-refractivity contribution in [1.82, 2.24) is 0 Å². The van der Waals surface area contributed by atoms with Crippen molar-refractivity contribution >= 4 is 5.97 Å². The predicted molar refractivity (Wildman–Crippen MR) is 62.2 cm³/mol. The van der Waals surface area contributed by atoms with E-state index in [2.05, 4.69) is 0 Å². The van der Waals surface area contributed by atoms with E-state index in [0.29, 0.717) is 18.6 Å². The Labute approximate surface area is 100 Å². The smallest absolute Gasteiger partial charge is 0.306 e. The van der Waals surface area contributed by atoms with Gasteiger partial charge in [0.2, 0.25) is 0 Å². The first-order chi connectivity index (χ1) is 8.09. The lowest BCUT2D eigenvalue weighted by molar-refractivity contribution is -0.147. The van der Waals surface area contributed by atoms with Crippen LogP contribution in [0.3, 0.4) is 0 Å². The van der Waals surface area contributed by atoms with Gasteiger partial charge >= 0.3 is 5.97 Å². The molecule has 92 valence electrons. The maximum absolute atomic E-state index is 11.3. The number of esters is 1. The van der Waals surface area contributed by atoms with E-state index in [1.807, 2.05) is 25.1 Å². The molecule has 1 unspecified atom stereocenters. The Morgan fingerprint density at radius 3 is 2.59 bits per heavy atom. The molecule has 0 aromatic heterocycles. The Balaban J connectivity index is 2.45. The minimum absolute atomic E-state index is 0.169. The van der Waals surface area contributed by atoms with Gasteiger partial charge in [-0.3, -0.25) is 4.79 Å². The average molecular weight is 236 g/mol. The molecule has 1 saturated heterocycles. The summed E-state index contributed by atoms with van der Waals surface area (Å²) in [6, 6.07) is 5.51. The van der Waals surface area contributed by atoms with Crippen molar-refractivity contribution in [3.05, 3.63) is 23.8 Å². The topological polar surface area (TPSA) is 44.8 Å². The zero-order valence-electron chi connectivity index (χ0n) is 10.3. The SMILES string of the molecule is COc1ccc(OC)c(C2(C)CCC(=O)O2)c1. The molecule has 1 aromatic carbocycles. The Hall–Kier alpha value is -1.71. The van der Waals surface area contributed by atoms with Crippen LogP contribution in [-0.2, 0) is 15.1 Å². The first kappa shape index (κ1) is 11.8. The second kappa shape index (κ2) is 4.28. The highest BCUT2D eigenvalue weighted by Crippen LogP contribution is 2.42. The number of benzene rings is 1. The monoisotopic (exact) mass is 236 g/mol. The molecule has 0 saturated carbocycles. The Morgan fingerprint density at radius 2 is 2.06 bits per heavy atom. The van der Waals surface area contributed by atoms with E-state index in [9.17, 15) is 4.79 Å². The van der Waals surface area contributed by atoms with Crippen LogP contribution in [0.4, 0.5) is 0 Å². The van der Waals surface area contributed by atoms with Gasteiger partial charge in [0.25, 0.3) is 0 Å². The Morgan fingerprint density at radius 1 is 1.29 bits per heavy atom. The lowest BCUT2D eigenvalue weighted by atomic mass is 9.92. The number of ether oxygens (including phenoxy) is 3. The normalized spacial score (nSPS) is 23.4. The minimum atomic E-state index is -0.614. The molecule has 0 radical (unpaired) electrons. The lowest BCUT2D eigenvalue weighted by Crippen LogP contribution is -2.21. The van der Waals surface area contributed by atoms with Crippen molar-refractivity contribution in [1.29, 1.82) is 0 Å². The van der Waals surface area contributed by atoms with Crippen LogP contribution in [-0.4, -0.2) is 20.2 Å². The Bertz CT molecular complexity index is 441. The highest BCUT2D eigenvalue weighted by Gasteiger charge is 2.39. The van der Waals surface area contributed by atoms with Crippen LogP contribution in [0, 0.1) is 0 Å². The number of carbonyl (C=O) groups is 1. The van der Waals surface area contributed by atoms with Gasteiger partial charge in [-0.15, -0.1) is 0 Å². The molecule has 1 aliphatic heterocycles. The number of methoxy groups -OCH3 is 2. The van der Waals surface area contributed by atoms with Crippen molar-refractivity contribution in [3.63, 3.8) is 0 Å². The third-order valence-electron chi connectivity index (χ3n) is 3.12. The van der Waals surface area contributed by atoms with Crippen LogP contribution in [0.1, 0.15) is 25.3 Å². The second-order valence-corrected chi connectivity index (χ2v) is 4.27. The molecule has 1 atom stereocenters. The summed E-state index contributed by atoms with van der Waals surface area (Å²) in [5.74, 6) is 1.27. The standard InChI is InChI=1S/C13H16O4/c1-13(7-6-12(14)17-13)10-8-9(15-2)4-5-11(10)16-3/h4-5,8H,6-7H2,1-3H3. The van der Waals surface area contributed by atoms with E-state index in [4.69, 9.17) is 14.2 Å².